The lowest BCUT2D eigenvalue weighted by Gasteiger charge is -2.28. The number of anilines is 1. The maximum absolute atomic E-state index is 14.3. The Morgan fingerprint density at radius 2 is 1.68 bits per heavy atom. The van der Waals surface area contributed by atoms with Crippen molar-refractivity contribution in [2.75, 3.05) is 17.0 Å². The Hall–Kier alpha value is -3.62. The number of aryl methyl sites for hydroxylation is 1. The number of para-hydroxylation sites is 1. The summed E-state index contributed by atoms with van der Waals surface area (Å²) in [6.07, 6.45) is -14.5. The predicted molar refractivity (Wildman–Crippen MR) is 152 cm³/mol. The number of fused-ring (bicyclic) bond motifs is 1. The number of hydrogen-bond acceptors (Lipinski definition) is 5. The Bertz CT molecular complexity index is 1400. The average molecular weight is 649 g/mol. The van der Waals surface area contributed by atoms with Crippen molar-refractivity contribution in [2.45, 2.75) is 57.5 Å². The molecule has 0 radical (unpaired) electrons. The molecule has 1 aliphatic rings. The minimum atomic E-state index is -4.73. The lowest BCUT2D eigenvalue weighted by Crippen LogP contribution is -2.51. The van der Waals surface area contributed by atoms with Gasteiger partial charge in [-0.3, -0.25) is 19.3 Å². The Morgan fingerprint density at radius 1 is 1.02 bits per heavy atom. The third-order valence-electron chi connectivity index (χ3n) is 7.06. The van der Waals surface area contributed by atoms with Gasteiger partial charge in [-0.1, -0.05) is 30.3 Å². The number of nitrogens with one attached hydrogen (secondary N) is 1. The first-order valence-electron chi connectivity index (χ1n) is 13.5. The van der Waals surface area contributed by atoms with Gasteiger partial charge in [-0.15, -0.1) is 11.8 Å². The zero-order valence-electron chi connectivity index (χ0n) is 23.8. The molecule has 0 spiro atoms. The van der Waals surface area contributed by atoms with Crippen LogP contribution in [0.1, 0.15) is 48.8 Å². The molecule has 0 saturated carbocycles. The lowest BCUT2D eigenvalue weighted by molar-refractivity contribution is -0.147. The van der Waals surface area contributed by atoms with E-state index in [0.717, 1.165) is 0 Å². The molecular weight excluding hydrogens is 617 g/mol. The van der Waals surface area contributed by atoms with Crippen molar-refractivity contribution in [1.82, 2.24) is 5.32 Å². The smallest absolute Gasteiger partial charge is 0.369 e. The number of amides is 3. The van der Waals surface area contributed by atoms with Crippen LogP contribution in [-0.2, 0) is 14.4 Å². The third-order valence-corrected chi connectivity index (χ3v) is 7.57. The highest BCUT2D eigenvalue weighted by atomic mass is 32.2. The number of carbonyl (C=O) groups is 3. The second kappa shape index (κ2) is 14.4. The van der Waals surface area contributed by atoms with Gasteiger partial charge in [0.2, 0.25) is 18.0 Å². The Morgan fingerprint density at radius 3 is 2.27 bits per heavy atom. The van der Waals surface area contributed by atoms with E-state index < -0.39 is 86.0 Å². The number of benzodiazepines with no additional fused rings is 1. The van der Waals surface area contributed by atoms with Crippen LogP contribution in [0.2, 0.25) is 0 Å². The van der Waals surface area contributed by atoms with E-state index in [1.165, 1.54) is 40.9 Å². The Kier molecular flexibility index (Phi) is 11.4. The first kappa shape index (κ1) is 34.9. The highest BCUT2D eigenvalue weighted by Gasteiger charge is 2.40. The largest absolute Gasteiger partial charge is 0.389 e. The number of nitrogens with two attached hydrogens (primary N) is 1. The van der Waals surface area contributed by atoms with Crippen molar-refractivity contribution >= 4 is 40.9 Å². The molecule has 0 saturated heterocycles. The molecule has 0 bridgehead atoms. The minimum absolute atomic E-state index is 0.0828. The van der Waals surface area contributed by atoms with Gasteiger partial charge in [0.25, 0.3) is 5.91 Å². The molecular formula is C29H31F7N4O3S. The summed E-state index contributed by atoms with van der Waals surface area (Å²) >= 11 is 1.26. The van der Waals surface area contributed by atoms with E-state index in [1.54, 1.807) is 31.4 Å². The number of thioether (sulfide) groups is 1. The van der Waals surface area contributed by atoms with Crippen LogP contribution in [0.4, 0.5) is 36.4 Å². The molecule has 240 valence electrons. The van der Waals surface area contributed by atoms with Crippen molar-refractivity contribution < 1.29 is 45.1 Å². The van der Waals surface area contributed by atoms with Gasteiger partial charge in [0, 0.05) is 35.8 Å². The van der Waals surface area contributed by atoms with Crippen LogP contribution in [0.3, 0.4) is 0 Å². The van der Waals surface area contributed by atoms with Crippen LogP contribution in [0, 0.1) is 24.6 Å². The van der Waals surface area contributed by atoms with E-state index in [-0.39, 0.29) is 17.2 Å². The molecule has 3 atom stereocenters. The quantitative estimate of drug-likeness (QED) is 0.281. The number of carbonyl (C=O) groups excluding carboxylic acids is 3. The fourth-order valence-corrected chi connectivity index (χ4v) is 5.59. The van der Waals surface area contributed by atoms with Gasteiger partial charge < -0.3 is 11.1 Å². The topological polar surface area (TPSA) is 105 Å². The van der Waals surface area contributed by atoms with E-state index in [0.29, 0.717) is 16.8 Å². The maximum atomic E-state index is 14.3. The van der Waals surface area contributed by atoms with Crippen LogP contribution in [0.25, 0.3) is 0 Å². The number of benzene rings is 2. The summed E-state index contributed by atoms with van der Waals surface area (Å²) in [6, 6.07) is 10.4. The summed E-state index contributed by atoms with van der Waals surface area (Å²) in [7, 11) is 0. The first-order valence-corrected chi connectivity index (χ1v) is 14.9. The van der Waals surface area contributed by atoms with E-state index in [2.05, 4.69) is 10.3 Å². The van der Waals surface area contributed by atoms with Crippen molar-refractivity contribution in [3.63, 3.8) is 0 Å². The number of alkyl halides is 6. The SMILES string of the molecule is CSCN1C(=O)C(NC(=O)C(CCCC(F)(F)F)C(CCC(F)(F)F)C(N)=O)N=C(c2cccc(F)c2)c2cccc(C)c21. The van der Waals surface area contributed by atoms with Gasteiger partial charge >= 0.3 is 12.4 Å². The summed E-state index contributed by atoms with van der Waals surface area (Å²) in [5.41, 5.74) is 7.20. The Labute approximate surface area is 253 Å². The zero-order valence-corrected chi connectivity index (χ0v) is 24.6. The molecule has 0 aromatic heterocycles. The van der Waals surface area contributed by atoms with Gasteiger partial charge in [-0.2, -0.15) is 26.3 Å². The molecule has 44 heavy (non-hydrogen) atoms. The number of rotatable bonds is 12. The monoisotopic (exact) mass is 648 g/mol. The molecule has 0 aliphatic carbocycles. The molecule has 7 nitrogen and oxygen atoms in total. The second-order valence-electron chi connectivity index (χ2n) is 10.3. The number of aliphatic imine (C=N–C) groups is 1. The number of hydrogen-bond donors (Lipinski definition) is 2. The first-order chi connectivity index (χ1) is 20.5. The van der Waals surface area contributed by atoms with Crippen LogP contribution in [-0.4, -0.2) is 54.1 Å². The van der Waals surface area contributed by atoms with Crippen LogP contribution < -0.4 is 16.0 Å². The van der Waals surface area contributed by atoms with Crippen LogP contribution >= 0.6 is 11.8 Å². The molecule has 3 rings (SSSR count). The highest BCUT2D eigenvalue weighted by molar-refractivity contribution is 7.98. The summed E-state index contributed by atoms with van der Waals surface area (Å²) in [5.74, 6) is -7.25. The molecule has 3 unspecified atom stereocenters. The van der Waals surface area contributed by atoms with Crippen LogP contribution in [0.15, 0.2) is 47.5 Å². The fraction of sp³-hybridized carbons (Fsp3) is 0.448. The number of nitrogens with zero attached hydrogens (tertiary/aromatic N) is 2. The van der Waals surface area contributed by atoms with E-state index in [9.17, 15) is 45.1 Å². The molecule has 15 heteroatoms. The van der Waals surface area contributed by atoms with Gasteiger partial charge in [-0.05, 0) is 50.1 Å². The molecule has 3 amide bonds. The highest BCUT2D eigenvalue weighted by Crippen LogP contribution is 2.34. The van der Waals surface area contributed by atoms with Gasteiger partial charge in [0.05, 0.1) is 17.3 Å². The van der Waals surface area contributed by atoms with E-state index in [4.69, 9.17) is 5.73 Å². The molecule has 3 N–H and O–H groups in total. The predicted octanol–water partition coefficient (Wildman–Crippen LogP) is 5.87. The van der Waals surface area contributed by atoms with E-state index >= 15 is 0 Å². The molecule has 1 aliphatic heterocycles. The fourth-order valence-electron chi connectivity index (χ4n) is 5.08. The minimum Gasteiger partial charge on any atom is -0.369 e. The number of primary amides is 1. The summed E-state index contributed by atoms with van der Waals surface area (Å²) in [5, 5.41) is 2.36. The third kappa shape index (κ3) is 9.19. The molecule has 2 aromatic rings. The summed E-state index contributed by atoms with van der Waals surface area (Å²) in [6.45, 7) is 1.73. The average Bonchev–Trinajstić information content (AvgIpc) is 3.02. The van der Waals surface area contributed by atoms with Crippen molar-refractivity contribution in [2.24, 2.45) is 22.6 Å². The van der Waals surface area contributed by atoms with E-state index in [1.807, 2.05) is 0 Å². The summed E-state index contributed by atoms with van der Waals surface area (Å²) in [4.78, 5) is 45.5. The van der Waals surface area contributed by atoms with Crippen molar-refractivity contribution in [3.8, 4) is 0 Å². The molecule has 0 fully saturated rings. The van der Waals surface area contributed by atoms with Crippen LogP contribution in [0.5, 0.6) is 0 Å². The van der Waals surface area contributed by atoms with Crippen molar-refractivity contribution in [3.05, 3.63) is 65.0 Å². The normalized spacial score (nSPS) is 16.9. The number of halogens is 7. The Balaban J connectivity index is 2.09. The lowest BCUT2D eigenvalue weighted by atomic mass is 9.83. The molecule has 2 aromatic carbocycles. The summed E-state index contributed by atoms with van der Waals surface area (Å²) < 4.78 is 92.1. The van der Waals surface area contributed by atoms with Crippen molar-refractivity contribution in [1.29, 1.82) is 0 Å². The zero-order chi connectivity index (χ0) is 32.8. The maximum Gasteiger partial charge on any atom is 0.389 e. The molecule has 1 heterocycles. The van der Waals surface area contributed by atoms with Gasteiger partial charge in [0.15, 0.2) is 0 Å². The van der Waals surface area contributed by atoms with Gasteiger partial charge in [0.1, 0.15) is 5.82 Å². The standard InChI is InChI=1S/C29H31F7N4O3S/c1-16-6-3-9-21-22(17-7-4-8-18(30)14-17)38-25(27(43)40(15-44-2)23(16)21)39-26(42)20(10-5-12-28(31,32)33)19(24(37)41)11-13-29(34,35)36/h3-4,6-9,14,19-20,25H,5,10-13,15H2,1-2H3,(H2,37,41)(H,39,42). The second-order valence-corrected chi connectivity index (χ2v) is 11.2. The van der Waals surface area contributed by atoms with Gasteiger partial charge in [-0.25, -0.2) is 9.38 Å².